The van der Waals surface area contributed by atoms with Crippen LogP contribution in [0.15, 0.2) is 54.9 Å². The van der Waals surface area contributed by atoms with Gasteiger partial charge >= 0.3 is 11.8 Å². The molecule has 2 aromatic carbocycles. The van der Waals surface area contributed by atoms with Gasteiger partial charge in [-0.15, -0.1) is 0 Å². The van der Waals surface area contributed by atoms with Crippen LogP contribution in [0.2, 0.25) is 0 Å². The van der Waals surface area contributed by atoms with Crippen molar-refractivity contribution in [3.63, 3.8) is 0 Å². The highest BCUT2D eigenvalue weighted by molar-refractivity contribution is 6.40. The van der Waals surface area contributed by atoms with Crippen molar-refractivity contribution in [2.45, 2.75) is 25.8 Å². The zero-order chi connectivity index (χ0) is 22.2. The number of hydrogen-bond donors (Lipinski definition) is 3. The molecule has 3 heterocycles. The summed E-state index contributed by atoms with van der Waals surface area (Å²) in [6, 6.07) is 14.2. The third-order valence-electron chi connectivity index (χ3n) is 6.20. The van der Waals surface area contributed by atoms with Gasteiger partial charge in [-0.25, -0.2) is 4.98 Å². The minimum absolute atomic E-state index is 0.147. The van der Waals surface area contributed by atoms with E-state index >= 15 is 0 Å². The molecule has 2 amide bonds. The van der Waals surface area contributed by atoms with Gasteiger partial charge in [0.1, 0.15) is 5.82 Å². The molecule has 1 fully saturated rings. The van der Waals surface area contributed by atoms with E-state index in [2.05, 4.69) is 57.8 Å². The molecule has 8 heteroatoms. The molecule has 4 N–H and O–H groups in total. The van der Waals surface area contributed by atoms with Crippen molar-refractivity contribution in [2.75, 3.05) is 17.6 Å². The summed E-state index contributed by atoms with van der Waals surface area (Å²) in [6.07, 6.45) is 4.78. The van der Waals surface area contributed by atoms with Gasteiger partial charge in [-0.05, 0) is 41.2 Å². The molecule has 1 aliphatic rings. The number of likely N-dealkylation sites (tertiary alicyclic amines) is 1. The average molecular weight is 428 g/mol. The van der Waals surface area contributed by atoms with Gasteiger partial charge in [0.25, 0.3) is 0 Å². The van der Waals surface area contributed by atoms with E-state index < -0.39 is 11.8 Å². The van der Waals surface area contributed by atoms with Gasteiger partial charge < -0.3 is 16.0 Å². The van der Waals surface area contributed by atoms with Crippen molar-refractivity contribution in [1.82, 2.24) is 20.1 Å². The largest absolute Gasteiger partial charge is 0.383 e. The number of piperidine rings is 1. The summed E-state index contributed by atoms with van der Waals surface area (Å²) in [4.78, 5) is 32.0. The number of aromatic amines is 1. The summed E-state index contributed by atoms with van der Waals surface area (Å²) in [7, 11) is 0. The summed E-state index contributed by atoms with van der Waals surface area (Å²) < 4.78 is 0. The number of anilines is 2. The van der Waals surface area contributed by atoms with Crippen LogP contribution < -0.4 is 11.1 Å². The lowest BCUT2D eigenvalue weighted by Crippen LogP contribution is -2.46. The van der Waals surface area contributed by atoms with E-state index in [1.54, 1.807) is 4.90 Å². The Hall–Kier alpha value is -3.94. The summed E-state index contributed by atoms with van der Waals surface area (Å²) in [5.74, 6) is -0.633. The Labute approximate surface area is 184 Å². The van der Waals surface area contributed by atoms with Crippen LogP contribution in [0, 0.1) is 5.92 Å². The molecule has 2 atom stereocenters. The molecule has 2 aromatic heterocycles. The normalized spacial score (nSPS) is 18.7. The third-order valence-corrected chi connectivity index (χ3v) is 6.20. The molecule has 162 valence electrons. The first-order valence-electron chi connectivity index (χ1n) is 10.7. The Morgan fingerprint density at radius 1 is 1.12 bits per heavy atom. The number of nitrogens with two attached hydrogens (primary N) is 1. The lowest BCUT2D eigenvalue weighted by Gasteiger charge is -2.38. The second-order valence-corrected chi connectivity index (χ2v) is 8.43. The number of hydrogen-bond acceptors (Lipinski definition) is 5. The molecule has 0 aliphatic carbocycles. The summed E-state index contributed by atoms with van der Waals surface area (Å²) >= 11 is 0. The molecule has 0 unspecified atom stereocenters. The number of nitrogens with one attached hydrogen (secondary N) is 2. The first-order chi connectivity index (χ1) is 15.5. The highest BCUT2D eigenvalue weighted by Gasteiger charge is 2.34. The Bertz CT molecular complexity index is 1330. The van der Waals surface area contributed by atoms with Crippen LogP contribution in [-0.2, 0) is 9.59 Å². The number of nitrogen functional groups attached to an aromatic ring is 1. The summed E-state index contributed by atoms with van der Waals surface area (Å²) in [6.45, 7) is 2.63. The van der Waals surface area contributed by atoms with E-state index in [0.29, 0.717) is 34.9 Å². The Morgan fingerprint density at radius 2 is 1.94 bits per heavy atom. The first-order valence-corrected chi connectivity index (χ1v) is 10.7. The van der Waals surface area contributed by atoms with Crippen LogP contribution in [0.3, 0.4) is 0 Å². The number of nitrogens with zero attached hydrogens (tertiary/aromatic N) is 3. The highest BCUT2D eigenvalue weighted by Crippen LogP contribution is 2.35. The lowest BCUT2D eigenvalue weighted by molar-refractivity contribution is -0.146. The maximum atomic E-state index is 13.3. The van der Waals surface area contributed by atoms with Gasteiger partial charge in [0.05, 0.1) is 35.0 Å². The van der Waals surface area contributed by atoms with E-state index in [-0.39, 0.29) is 6.04 Å². The van der Waals surface area contributed by atoms with Crippen molar-refractivity contribution in [1.29, 1.82) is 0 Å². The molecule has 0 radical (unpaired) electrons. The van der Waals surface area contributed by atoms with Crippen molar-refractivity contribution < 1.29 is 9.59 Å². The summed E-state index contributed by atoms with van der Waals surface area (Å²) in [5, 5.41) is 12.3. The molecule has 0 spiro atoms. The van der Waals surface area contributed by atoms with Crippen LogP contribution in [-0.4, -0.2) is 38.4 Å². The van der Waals surface area contributed by atoms with Crippen molar-refractivity contribution >= 4 is 45.0 Å². The monoisotopic (exact) mass is 428 g/mol. The highest BCUT2D eigenvalue weighted by atomic mass is 16.2. The molecule has 32 heavy (non-hydrogen) atoms. The molecule has 0 saturated carbocycles. The van der Waals surface area contributed by atoms with Crippen molar-refractivity contribution in [3.05, 3.63) is 60.4 Å². The maximum absolute atomic E-state index is 13.3. The van der Waals surface area contributed by atoms with Crippen LogP contribution >= 0.6 is 0 Å². The SMILES string of the molecule is C[C@H]1CC[C@H](c2ccc3ccccc3c2)N(C(=O)C(=O)Nc2cnc(N)c3cn[nH]c23)C1. The van der Waals surface area contributed by atoms with Crippen molar-refractivity contribution in [3.8, 4) is 0 Å². The van der Waals surface area contributed by atoms with Gasteiger partial charge in [0, 0.05) is 6.54 Å². The number of amides is 2. The van der Waals surface area contributed by atoms with Crippen LogP contribution in [0.25, 0.3) is 21.7 Å². The van der Waals surface area contributed by atoms with Crippen LogP contribution in [0.5, 0.6) is 0 Å². The van der Waals surface area contributed by atoms with Gasteiger partial charge in [0.2, 0.25) is 0 Å². The number of benzene rings is 2. The van der Waals surface area contributed by atoms with E-state index in [1.165, 1.54) is 12.4 Å². The second-order valence-electron chi connectivity index (χ2n) is 8.43. The Balaban J connectivity index is 1.43. The number of H-pyrrole nitrogens is 1. The molecule has 4 aromatic rings. The zero-order valence-electron chi connectivity index (χ0n) is 17.7. The molecular formula is C24H24N6O2. The van der Waals surface area contributed by atoms with Crippen LogP contribution in [0.4, 0.5) is 11.5 Å². The minimum atomic E-state index is -0.702. The topological polar surface area (TPSA) is 117 Å². The first kappa shape index (κ1) is 20.0. The lowest BCUT2D eigenvalue weighted by atomic mass is 9.89. The predicted octanol–water partition coefficient (Wildman–Crippen LogP) is 3.63. The smallest absolute Gasteiger partial charge is 0.314 e. The third kappa shape index (κ3) is 3.53. The Kier molecular flexibility index (Phi) is 4.97. The van der Waals surface area contributed by atoms with Gasteiger partial charge in [0.15, 0.2) is 0 Å². The molecule has 1 aliphatic heterocycles. The molecule has 8 nitrogen and oxygen atoms in total. The number of aromatic nitrogens is 3. The minimum Gasteiger partial charge on any atom is -0.383 e. The standard InChI is InChI=1S/C24H24N6O2/c1-14-6-9-20(17-8-7-15-4-2-3-5-16(15)10-17)30(13-14)24(32)23(31)28-19-12-26-22(25)18-11-27-29-21(18)19/h2-5,7-8,10-12,14,20H,6,9,13H2,1H3,(H2,25,26)(H,27,29)(H,28,31)/t14-,20+/m0/s1. The average Bonchev–Trinajstić information content (AvgIpc) is 3.31. The fourth-order valence-corrected chi connectivity index (χ4v) is 4.49. The number of carbonyl (C=O) groups is 2. The second kappa shape index (κ2) is 7.96. The van der Waals surface area contributed by atoms with Crippen LogP contribution in [0.1, 0.15) is 31.4 Å². The van der Waals surface area contributed by atoms with E-state index in [0.717, 1.165) is 29.2 Å². The number of pyridine rings is 1. The van der Waals surface area contributed by atoms with E-state index in [4.69, 9.17) is 5.73 Å². The zero-order valence-corrected chi connectivity index (χ0v) is 17.7. The van der Waals surface area contributed by atoms with Gasteiger partial charge in [-0.1, -0.05) is 43.3 Å². The van der Waals surface area contributed by atoms with Gasteiger partial charge in [-0.2, -0.15) is 5.10 Å². The van der Waals surface area contributed by atoms with Crippen molar-refractivity contribution in [2.24, 2.45) is 5.92 Å². The Morgan fingerprint density at radius 3 is 2.78 bits per heavy atom. The number of carbonyl (C=O) groups excluding carboxylic acids is 2. The molecule has 5 rings (SSSR count). The molecule has 1 saturated heterocycles. The number of fused-ring (bicyclic) bond motifs is 2. The van der Waals surface area contributed by atoms with Gasteiger partial charge in [-0.3, -0.25) is 14.7 Å². The summed E-state index contributed by atoms with van der Waals surface area (Å²) in [5.41, 5.74) is 7.81. The van der Waals surface area contributed by atoms with E-state index in [1.807, 2.05) is 12.1 Å². The maximum Gasteiger partial charge on any atom is 0.314 e. The quantitative estimate of drug-likeness (QED) is 0.422. The fraction of sp³-hybridized carbons (Fsp3) is 0.250. The fourth-order valence-electron chi connectivity index (χ4n) is 4.49. The molecular weight excluding hydrogens is 404 g/mol. The molecule has 0 bridgehead atoms. The van der Waals surface area contributed by atoms with E-state index in [9.17, 15) is 9.59 Å². The number of rotatable bonds is 2. The predicted molar refractivity (Wildman–Crippen MR) is 124 cm³/mol.